The molecular weight excluding hydrogens is 500 g/mol. The molecule has 0 fully saturated rings. The first-order valence-electron chi connectivity index (χ1n) is 12.4. The van der Waals surface area contributed by atoms with Crippen LogP contribution in [0.15, 0.2) is 72.8 Å². The average Bonchev–Trinajstić information content (AvgIpc) is 3.42. The van der Waals surface area contributed by atoms with Crippen molar-refractivity contribution in [2.45, 2.75) is 6.92 Å². The Kier molecular flexibility index (Phi) is 8.89. The molecule has 0 saturated heterocycles. The second-order valence-corrected chi connectivity index (χ2v) is 9.47. The third-order valence-electron chi connectivity index (χ3n) is 6.40. The van der Waals surface area contributed by atoms with Gasteiger partial charge in [-0.3, -0.25) is 5.10 Å². The van der Waals surface area contributed by atoms with E-state index in [1.807, 2.05) is 30.3 Å². The molecule has 0 aliphatic heterocycles. The van der Waals surface area contributed by atoms with Crippen LogP contribution in [-0.4, -0.2) is 62.0 Å². The molecule has 3 aromatic carbocycles. The minimum Gasteiger partial charge on any atom is -0.495 e. The maximum absolute atomic E-state index is 12.5. The number of urea groups is 1. The summed E-state index contributed by atoms with van der Waals surface area (Å²) in [6.45, 7) is 5.20. The number of hydrogen-bond donors (Lipinski definition) is 3. The Labute approximate surface area is 228 Å². The molecule has 0 unspecified atom stereocenters. The number of aromatic amines is 1. The van der Waals surface area contributed by atoms with E-state index in [1.54, 1.807) is 18.2 Å². The third kappa shape index (κ3) is 6.85. The molecule has 0 spiro atoms. The zero-order valence-electron chi connectivity index (χ0n) is 22.1. The largest absolute Gasteiger partial charge is 0.495 e. The van der Waals surface area contributed by atoms with E-state index < -0.39 is 6.03 Å². The molecule has 1 heterocycles. The van der Waals surface area contributed by atoms with Crippen LogP contribution < -0.4 is 20.3 Å². The molecule has 0 atom stereocenters. The highest BCUT2D eigenvalue weighted by molar-refractivity contribution is 6.31. The van der Waals surface area contributed by atoms with E-state index >= 15 is 0 Å². The quantitative estimate of drug-likeness (QED) is 0.219. The van der Waals surface area contributed by atoms with Gasteiger partial charge in [0.25, 0.3) is 0 Å². The molecule has 1 aromatic heterocycles. The summed E-state index contributed by atoms with van der Waals surface area (Å²) in [4.78, 5) is 17.0. The number of likely N-dealkylation sites (N-methyl/N-ethyl adjacent to an activating group) is 2. The first-order chi connectivity index (χ1) is 18.4. The van der Waals surface area contributed by atoms with Crippen LogP contribution >= 0.6 is 11.6 Å². The van der Waals surface area contributed by atoms with Crippen molar-refractivity contribution in [1.29, 1.82) is 0 Å². The Hall–Kier alpha value is -4.01. The van der Waals surface area contributed by atoms with Gasteiger partial charge in [-0.05, 0) is 67.7 Å². The fourth-order valence-electron chi connectivity index (χ4n) is 3.91. The van der Waals surface area contributed by atoms with E-state index in [0.29, 0.717) is 22.1 Å². The number of methoxy groups -OCH3 is 1. The molecule has 2 amide bonds. The van der Waals surface area contributed by atoms with Crippen molar-refractivity contribution in [2.24, 2.45) is 0 Å². The van der Waals surface area contributed by atoms with Crippen molar-refractivity contribution < 1.29 is 9.53 Å². The second kappa shape index (κ2) is 12.5. The minimum atomic E-state index is -0.395. The van der Waals surface area contributed by atoms with Gasteiger partial charge in [0.2, 0.25) is 0 Å². The molecule has 4 rings (SSSR count). The number of benzene rings is 3. The number of carbonyl (C=O) groups excluding carboxylic acids is 1. The van der Waals surface area contributed by atoms with Gasteiger partial charge in [0.05, 0.1) is 24.2 Å². The van der Waals surface area contributed by atoms with E-state index in [2.05, 4.69) is 75.9 Å². The monoisotopic (exact) mass is 532 g/mol. The molecule has 0 saturated carbocycles. The zero-order valence-corrected chi connectivity index (χ0v) is 22.8. The summed E-state index contributed by atoms with van der Waals surface area (Å²) in [5, 5.41) is 13.7. The van der Waals surface area contributed by atoms with E-state index in [9.17, 15) is 4.79 Å². The van der Waals surface area contributed by atoms with Gasteiger partial charge in [-0.1, -0.05) is 42.8 Å². The van der Waals surface area contributed by atoms with E-state index in [-0.39, 0.29) is 0 Å². The van der Waals surface area contributed by atoms with Crippen LogP contribution in [0.25, 0.3) is 22.5 Å². The van der Waals surface area contributed by atoms with Crippen molar-refractivity contribution >= 4 is 34.7 Å². The fraction of sp³-hybridized carbons (Fsp3) is 0.241. The number of carbonyl (C=O) groups is 1. The van der Waals surface area contributed by atoms with Gasteiger partial charge >= 0.3 is 6.03 Å². The molecule has 8 nitrogen and oxygen atoms in total. The summed E-state index contributed by atoms with van der Waals surface area (Å²) in [5.41, 5.74) is 6.08. The molecule has 198 valence electrons. The smallest absolute Gasteiger partial charge is 0.323 e. The van der Waals surface area contributed by atoms with Crippen molar-refractivity contribution in [3.8, 4) is 28.3 Å². The van der Waals surface area contributed by atoms with Crippen molar-refractivity contribution in [3.63, 3.8) is 0 Å². The first-order valence-corrected chi connectivity index (χ1v) is 12.8. The number of H-pyrrole nitrogens is 1. The number of halogens is 1. The number of aromatic nitrogens is 2. The van der Waals surface area contributed by atoms with Crippen molar-refractivity contribution in [1.82, 2.24) is 15.1 Å². The van der Waals surface area contributed by atoms with E-state index in [1.165, 1.54) is 12.8 Å². The average molecular weight is 533 g/mol. The van der Waals surface area contributed by atoms with Gasteiger partial charge < -0.3 is 25.2 Å². The van der Waals surface area contributed by atoms with Crippen LogP contribution in [0.5, 0.6) is 5.75 Å². The molecular formula is C29H33ClN6O2. The van der Waals surface area contributed by atoms with E-state index in [4.69, 9.17) is 16.3 Å². The Morgan fingerprint density at radius 1 is 0.947 bits per heavy atom. The molecule has 0 bridgehead atoms. The van der Waals surface area contributed by atoms with Crippen LogP contribution in [0.4, 0.5) is 21.9 Å². The highest BCUT2D eigenvalue weighted by Crippen LogP contribution is 2.29. The molecule has 4 aromatic rings. The van der Waals surface area contributed by atoms with Gasteiger partial charge in [-0.25, -0.2) is 4.79 Å². The number of hydrogen-bond acceptors (Lipinski definition) is 5. The molecule has 0 aliphatic rings. The van der Waals surface area contributed by atoms with Crippen molar-refractivity contribution in [3.05, 3.63) is 77.8 Å². The van der Waals surface area contributed by atoms with E-state index in [0.717, 1.165) is 42.1 Å². The standard InChI is InChI=1S/C29H33ClN6O2/c1-5-35(2)16-17-36(3)24-13-8-21(9-14-24)26-19-25(33-34-26)20-6-11-23(12-7-20)31-29(37)32-27-18-22(30)10-15-28(27)38-4/h6-15,18-19H,5,16-17H2,1-4H3,(H,33,34)(H2,31,32,37). The number of rotatable bonds is 10. The third-order valence-corrected chi connectivity index (χ3v) is 6.64. The minimum absolute atomic E-state index is 0.395. The lowest BCUT2D eigenvalue weighted by Gasteiger charge is -2.23. The molecule has 38 heavy (non-hydrogen) atoms. The highest BCUT2D eigenvalue weighted by Gasteiger charge is 2.11. The number of nitrogens with zero attached hydrogens (tertiary/aromatic N) is 3. The summed E-state index contributed by atoms with van der Waals surface area (Å²) in [6, 6.07) is 22.6. The summed E-state index contributed by atoms with van der Waals surface area (Å²) in [5.74, 6) is 0.524. The van der Waals surface area contributed by atoms with Crippen LogP contribution in [-0.2, 0) is 0 Å². The van der Waals surface area contributed by atoms with Gasteiger partial charge in [0, 0.05) is 42.1 Å². The fourth-order valence-corrected chi connectivity index (χ4v) is 4.08. The van der Waals surface area contributed by atoms with Crippen molar-refractivity contribution in [2.75, 3.05) is 56.4 Å². The van der Waals surface area contributed by atoms with Crippen LogP contribution in [0.3, 0.4) is 0 Å². The molecule has 0 aliphatic carbocycles. The van der Waals surface area contributed by atoms with Gasteiger partial charge in [0.1, 0.15) is 5.75 Å². The lowest BCUT2D eigenvalue weighted by Crippen LogP contribution is -2.30. The predicted octanol–water partition coefficient (Wildman–Crippen LogP) is 6.44. The van der Waals surface area contributed by atoms with Gasteiger partial charge in [-0.2, -0.15) is 5.10 Å². The topological polar surface area (TPSA) is 85.5 Å². The zero-order chi connectivity index (χ0) is 27.1. The summed E-state index contributed by atoms with van der Waals surface area (Å²) in [6.07, 6.45) is 0. The molecule has 9 heteroatoms. The highest BCUT2D eigenvalue weighted by atomic mass is 35.5. The Bertz CT molecular complexity index is 1350. The normalized spacial score (nSPS) is 10.9. The molecule has 0 radical (unpaired) electrons. The lowest BCUT2D eigenvalue weighted by atomic mass is 10.1. The maximum atomic E-state index is 12.5. The Balaban J connectivity index is 1.37. The summed E-state index contributed by atoms with van der Waals surface area (Å²) >= 11 is 6.04. The second-order valence-electron chi connectivity index (χ2n) is 9.03. The summed E-state index contributed by atoms with van der Waals surface area (Å²) < 4.78 is 5.27. The number of ether oxygens (including phenoxy) is 1. The Morgan fingerprint density at radius 3 is 2.34 bits per heavy atom. The van der Waals surface area contributed by atoms with Gasteiger partial charge in [0.15, 0.2) is 0 Å². The van der Waals surface area contributed by atoms with Crippen LogP contribution in [0, 0.1) is 0 Å². The summed E-state index contributed by atoms with van der Waals surface area (Å²) in [7, 11) is 5.78. The number of anilines is 3. The lowest BCUT2D eigenvalue weighted by molar-refractivity contribution is 0.262. The first kappa shape index (κ1) is 27.0. The number of amides is 2. The van der Waals surface area contributed by atoms with Crippen LogP contribution in [0.2, 0.25) is 5.02 Å². The molecule has 3 N–H and O–H groups in total. The van der Waals surface area contributed by atoms with Crippen LogP contribution in [0.1, 0.15) is 6.92 Å². The predicted molar refractivity (Wildman–Crippen MR) is 157 cm³/mol. The SMILES string of the molecule is CCN(C)CCN(C)c1ccc(-c2cc(-c3ccc(NC(=O)Nc4cc(Cl)ccc4OC)cc3)[nH]n2)cc1. The number of nitrogens with one attached hydrogen (secondary N) is 3. The maximum Gasteiger partial charge on any atom is 0.323 e. The van der Waals surface area contributed by atoms with Gasteiger partial charge in [-0.15, -0.1) is 0 Å². The Morgan fingerprint density at radius 2 is 1.66 bits per heavy atom.